The third-order valence-electron chi connectivity index (χ3n) is 3.69. The molecule has 112 valence electrons. The molecule has 0 bridgehead atoms. The van der Waals surface area contributed by atoms with Gasteiger partial charge < -0.3 is 9.47 Å². The highest BCUT2D eigenvalue weighted by atomic mass is 32.2. The number of hydrogen-bond donors (Lipinski definition) is 1. The van der Waals surface area contributed by atoms with Crippen LogP contribution in [0.5, 0.6) is 5.75 Å². The molecule has 6 heteroatoms. The fourth-order valence-electron chi connectivity index (χ4n) is 2.51. The molecule has 0 aliphatic carbocycles. The van der Waals surface area contributed by atoms with Gasteiger partial charge in [-0.2, -0.15) is 0 Å². The molecule has 2 rings (SSSR count). The Labute approximate surface area is 120 Å². The zero-order valence-corrected chi connectivity index (χ0v) is 12.5. The van der Waals surface area contributed by atoms with Crippen molar-refractivity contribution in [1.82, 2.24) is 0 Å². The Kier molecular flexibility index (Phi) is 4.67. The summed E-state index contributed by atoms with van der Waals surface area (Å²) >= 11 is 0. The zero-order chi connectivity index (χ0) is 14.6. The van der Waals surface area contributed by atoms with Gasteiger partial charge >= 0.3 is 0 Å². The van der Waals surface area contributed by atoms with E-state index in [0.717, 1.165) is 11.3 Å². The van der Waals surface area contributed by atoms with Crippen LogP contribution in [0.3, 0.4) is 0 Å². The Morgan fingerprint density at radius 2 is 1.95 bits per heavy atom. The summed E-state index contributed by atoms with van der Waals surface area (Å²) in [6.07, 6.45) is 1.30. The van der Waals surface area contributed by atoms with Crippen molar-refractivity contribution < 1.29 is 17.9 Å². The van der Waals surface area contributed by atoms with E-state index in [0.29, 0.717) is 32.7 Å². The minimum atomic E-state index is -3.53. The number of hydrogen-bond acceptors (Lipinski definition) is 4. The highest BCUT2D eigenvalue weighted by molar-refractivity contribution is 7.89. The molecule has 1 heterocycles. The lowest BCUT2D eigenvalue weighted by Crippen LogP contribution is -2.42. The number of ether oxygens (including phenoxy) is 2. The van der Waals surface area contributed by atoms with E-state index < -0.39 is 15.4 Å². The van der Waals surface area contributed by atoms with Crippen LogP contribution in [-0.4, -0.2) is 34.0 Å². The van der Waals surface area contributed by atoms with Gasteiger partial charge in [-0.05, 0) is 31.4 Å². The molecule has 1 saturated heterocycles. The predicted molar refractivity (Wildman–Crippen MR) is 77.1 cm³/mol. The first kappa shape index (κ1) is 15.3. The quantitative estimate of drug-likeness (QED) is 0.892. The summed E-state index contributed by atoms with van der Waals surface area (Å²) in [5.74, 6) is 0.725. The van der Waals surface area contributed by atoms with Crippen LogP contribution >= 0.6 is 0 Å². The molecule has 0 aromatic heterocycles. The maximum atomic E-state index is 11.5. The van der Waals surface area contributed by atoms with E-state index in [1.165, 1.54) is 0 Å². The Morgan fingerprint density at radius 3 is 2.55 bits per heavy atom. The second kappa shape index (κ2) is 6.11. The fourth-order valence-corrected chi connectivity index (χ4v) is 3.74. The molecule has 5 nitrogen and oxygen atoms in total. The number of para-hydroxylation sites is 1. The summed E-state index contributed by atoms with van der Waals surface area (Å²) in [6.45, 7) is 3.41. The van der Waals surface area contributed by atoms with Gasteiger partial charge in [-0.15, -0.1) is 0 Å². The van der Waals surface area contributed by atoms with Crippen LogP contribution in [0.25, 0.3) is 0 Å². The number of sulfonamides is 1. The molecular formula is C14H21NO4S. The van der Waals surface area contributed by atoms with Gasteiger partial charge in [0.2, 0.25) is 10.0 Å². The van der Waals surface area contributed by atoms with Crippen LogP contribution in [0.2, 0.25) is 0 Å². The summed E-state index contributed by atoms with van der Waals surface area (Å²) in [7, 11) is -3.53. The van der Waals surface area contributed by atoms with Crippen molar-refractivity contribution >= 4 is 10.0 Å². The number of nitrogens with two attached hydrogens (primary N) is 1. The highest BCUT2D eigenvalue weighted by Crippen LogP contribution is 2.33. The standard InChI is InChI=1S/C14H21NO4S/c1-12-4-2-3-5-13(12)19-10-14(11-20(15,16)17)6-8-18-9-7-14/h2-5H,6-11H2,1H3,(H2,15,16,17). The van der Waals surface area contributed by atoms with Crippen molar-refractivity contribution in [3.8, 4) is 5.75 Å². The third-order valence-corrected chi connectivity index (χ3v) is 4.70. The van der Waals surface area contributed by atoms with Crippen LogP contribution in [0.1, 0.15) is 18.4 Å². The smallest absolute Gasteiger partial charge is 0.209 e. The molecule has 1 aliphatic rings. The molecule has 20 heavy (non-hydrogen) atoms. The summed E-state index contributed by atoms with van der Waals surface area (Å²) in [6, 6.07) is 7.69. The highest BCUT2D eigenvalue weighted by Gasteiger charge is 2.37. The molecule has 1 aromatic carbocycles. The number of benzene rings is 1. The number of aryl methyl sites for hydroxylation is 1. The van der Waals surface area contributed by atoms with E-state index in [1.54, 1.807) is 0 Å². The van der Waals surface area contributed by atoms with Crippen molar-refractivity contribution in [3.63, 3.8) is 0 Å². The summed E-state index contributed by atoms with van der Waals surface area (Å²) in [4.78, 5) is 0. The van der Waals surface area contributed by atoms with Crippen molar-refractivity contribution in [2.75, 3.05) is 25.6 Å². The predicted octanol–water partition coefficient (Wildman–Crippen LogP) is 1.46. The van der Waals surface area contributed by atoms with Gasteiger partial charge in [-0.25, -0.2) is 13.6 Å². The first-order valence-corrected chi connectivity index (χ1v) is 8.38. The minimum absolute atomic E-state index is 0.0603. The maximum absolute atomic E-state index is 11.5. The Balaban J connectivity index is 2.10. The molecule has 1 aromatic rings. The third kappa shape index (κ3) is 4.19. The number of rotatable bonds is 5. The summed E-state index contributed by atoms with van der Waals surface area (Å²) in [5.41, 5.74) is 0.582. The second-order valence-electron chi connectivity index (χ2n) is 5.47. The SMILES string of the molecule is Cc1ccccc1OCC1(CS(N)(=O)=O)CCOCC1. The molecule has 1 fully saturated rings. The van der Waals surface area contributed by atoms with Gasteiger partial charge in [0.1, 0.15) is 5.75 Å². The normalized spacial score (nSPS) is 18.7. The average Bonchev–Trinajstić information content (AvgIpc) is 2.37. The molecule has 1 aliphatic heterocycles. The van der Waals surface area contributed by atoms with Gasteiger partial charge in [0, 0.05) is 18.6 Å². The monoisotopic (exact) mass is 299 g/mol. The molecule has 0 radical (unpaired) electrons. The Morgan fingerprint density at radius 1 is 1.30 bits per heavy atom. The molecule has 0 amide bonds. The molecule has 2 N–H and O–H groups in total. The van der Waals surface area contributed by atoms with E-state index in [9.17, 15) is 8.42 Å². The van der Waals surface area contributed by atoms with E-state index in [2.05, 4.69) is 0 Å². The topological polar surface area (TPSA) is 78.6 Å². The van der Waals surface area contributed by atoms with Crippen LogP contribution in [0, 0.1) is 12.3 Å². The van der Waals surface area contributed by atoms with E-state index in [4.69, 9.17) is 14.6 Å². The zero-order valence-electron chi connectivity index (χ0n) is 11.7. The van der Waals surface area contributed by atoms with E-state index in [1.807, 2.05) is 31.2 Å². The first-order chi connectivity index (χ1) is 9.40. The van der Waals surface area contributed by atoms with Crippen molar-refractivity contribution in [3.05, 3.63) is 29.8 Å². The lowest BCUT2D eigenvalue weighted by Gasteiger charge is -2.36. The van der Waals surface area contributed by atoms with Crippen molar-refractivity contribution in [1.29, 1.82) is 0 Å². The lowest BCUT2D eigenvalue weighted by atomic mass is 9.83. The second-order valence-corrected chi connectivity index (χ2v) is 7.09. The first-order valence-electron chi connectivity index (χ1n) is 6.67. The summed E-state index contributed by atoms with van der Waals surface area (Å²) in [5, 5.41) is 5.23. The molecule has 0 spiro atoms. The maximum Gasteiger partial charge on any atom is 0.209 e. The van der Waals surface area contributed by atoms with Crippen LogP contribution in [0.15, 0.2) is 24.3 Å². The van der Waals surface area contributed by atoms with Gasteiger partial charge in [0.05, 0.1) is 12.4 Å². The largest absolute Gasteiger partial charge is 0.493 e. The molecule has 0 unspecified atom stereocenters. The number of primary sulfonamides is 1. The lowest BCUT2D eigenvalue weighted by molar-refractivity contribution is 0.00198. The van der Waals surface area contributed by atoms with E-state index in [-0.39, 0.29) is 5.75 Å². The van der Waals surface area contributed by atoms with Gasteiger partial charge in [-0.3, -0.25) is 0 Å². The Bertz CT molecular complexity index is 550. The van der Waals surface area contributed by atoms with Gasteiger partial charge in [0.15, 0.2) is 0 Å². The van der Waals surface area contributed by atoms with Gasteiger partial charge in [-0.1, -0.05) is 18.2 Å². The average molecular weight is 299 g/mol. The Hall–Kier alpha value is -1.11. The fraction of sp³-hybridized carbons (Fsp3) is 0.571. The van der Waals surface area contributed by atoms with E-state index >= 15 is 0 Å². The summed E-state index contributed by atoms with van der Waals surface area (Å²) < 4.78 is 34.1. The van der Waals surface area contributed by atoms with Crippen molar-refractivity contribution in [2.24, 2.45) is 10.6 Å². The molecule has 0 saturated carbocycles. The van der Waals surface area contributed by atoms with Gasteiger partial charge in [0.25, 0.3) is 0 Å². The van der Waals surface area contributed by atoms with Crippen LogP contribution in [-0.2, 0) is 14.8 Å². The molecular weight excluding hydrogens is 278 g/mol. The molecule has 0 atom stereocenters. The van der Waals surface area contributed by atoms with Crippen molar-refractivity contribution in [2.45, 2.75) is 19.8 Å². The van der Waals surface area contributed by atoms with Crippen LogP contribution in [0.4, 0.5) is 0 Å². The van der Waals surface area contributed by atoms with Crippen LogP contribution < -0.4 is 9.88 Å². The minimum Gasteiger partial charge on any atom is -0.493 e.